The molecule has 36 heavy (non-hydrogen) atoms. The van der Waals surface area contributed by atoms with Gasteiger partial charge in [0.05, 0.1) is 6.42 Å². The highest BCUT2D eigenvalue weighted by Crippen LogP contribution is 2.22. The first-order valence-electron chi connectivity index (χ1n) is 12.6. The number of hydrogen-bond donors (Lipinski definition) is 1. The van der Waals surface area contributed by atoms with Crippen LogP contribution < -0.4 is 5.32 Å². The standard InChI is InChI=1S/C30H32BrFN2O2/c31-25-14-9-12-23(18-25)21-34(29(35)20-24-13-7-8-17-27(24)32)28(19-22-10-3-1-4-11-22)30(36)33-26-15-5-2-6-16-26/h1,3-4,7-14,17-18,26,28H,2,5-6,15-16,19-21H2,(H,33,36)/t28-/m1/s1. The normalized spacial score (nSPS) is 14.7. The molecule has 3 aromatic carbocycles. The highest BCUT2D eigenvalue weighted by Gasteiger charge is 2.32. The van der Waals surface area contributed by atoms with E-state index in [1.54, 1.807) is 23.1 Å². The van der Waals surface area contributed by atoms with E-state index in [0.29, 0.717) is 12.0 Å². The van der Waals surface area contributed by atoms with Gasteiger partial charge in [0.2, 0.25) is 11.8 Å². The molecule has 0 spiro atoms. The first kappa shape index (κ1) is 26.1. The van der Waals surface area contributed by atoms with Crippen LogP contribution in [0.4, 0.5) is 4.39 Å². The van der Waals surface area contributed by atoms with Crippen LogP contribution in [0.25, 0.3) is 0 Å². The van der Waals surface area contributed by atoms with Gasteiger partial charge in [-0.05, 0) is 47.7 Å². The number of rotatable bonds is 9. The fraction of sp³-hybridized carbons (Fsp3) is 0.333. The predicted molar refractivity (Wildman–Crippen MR) is 144 cm³/mol. The third-order valence-corrected chi connectivity index (χ3v) is 7.26. The minimum atomic E-state index is -0.715. The molecule has 0 heterocycles. The summed E-state index contributed by atoms with van der Waals surface area (Å²) in [6, 6.07) is 23.2. The van der Waals surface area contributed by atoms with Gasteiger partial charge in [-0.2, -0.15) is 0 Å². The molecule has 0 radical (unpaired) electrons. The van der Waals surface area contributed by atoms with Crippen LogP contribution in [0, 0.1) is 5.82 Å². The summed E-state index contributed by atoms with van der Waals surface area (Å²) in [4.78, 5) is 29.1. The molecule has 1 fully saturated rings. The number of amides is 2. The molecule has 4 nitrogen and oxygen atoms in total. The maximum Gasteiger partial charge on any atom is 0.243 e. The second-order valence-electron chi connectivity index (χ2n) is 9.47. The molecule has 0 aliphatic heterocycles. The summed E-state index contributed by atoms with van der Waals surface area (Å²) in [5.41, 5.74) is 2.20. The molecule has 4 rings (SSSR count). The monoisotopic (exact) mass is 550 g/mol. The van der Waals surface area contributed by atoms with Crippen LogP contribution in [0.5, 0.6) is 0 Å². The van der Waals surface area contributed by atoms with E-state index in [1.807, 2.05) is 54.6 Å². The Morgan fingerprint density at radius 1 is 0.917 bits per heavy atom. The van der Waals surface area contributed by atoms with Crippen molar-refractivity contribution >= 4 is 27.7 Å². The Morgan fingerprint density at radius 2 is 1.61 bits per heavy atom. The number of carbonyl (C=O) groups excluding carboxylic acids is 2. The van der Waals surface area contributed by atoms with E-state index in [-0.39, 0.29) is 30.8 Å². The lowest BCUT2D eigenvalue weighted by molar-refractivity contribution is -0.141. The minimum absolute atomic E-state index is 0.108. The number of carbonyl (C=O) groups is 2. The Kier molecular flexibility index (Phi) is 9.29. The zero-order valence-electron chi connectivity index (χ0n) is 20.3. The van der Waals surface area contributed by atoms with Crippen molar-refractivity contribution in [2.75, 3.05) is 0 Å². The van der Waals surface area contributed by atoms with Gasteiger partial charge >= 0.3 is 0 Å². The van der Waals surface area contributed by atoms with Crippen molar-refractivity contribution in [1.29, 1.82) is 0 Å². The van der Waals surface area contributed by atoms with Crippen LogP contribution in [0.1, 0.15) is 48.8 Å². The molecule has 0 aromatic heterocycles. The fourth-order valence-corrected chi connectivity index (χ4v) is 5.28. The Balaban J connectivity index is 1.66. The van der Waals surface area contributed by atoms with Gasteiger partial charge in [0.1, 0.15) is 11.9 Å². The van der Waals surface area contributed by atoms with E-state index >= 15 is 0 Å². The number of nitrogens with zero attached hydrogens (tertiary/aromatic N) is 1. The molecule has 0 saturated heterocycles. The average Bonchev–Trinajstić information content (AvgIpc) is 2.88. The number of benzene rings is 3. The summed E-state index contributed by atoms with van der Waals surface area (Å²) in [6.45, 7) is 0.252. The molecule has 3 aromatic rings. The van der Waals surface area contributed by atoms with Crippen molar-refractivity contribution in [1.82, 2.24) is 10.2 Å². The number of halogens is 2. The third kappa shape index (κ3) is 7.26. The van der Waals surface area contributed by atoms with Crippen LogP contribution in [0.3, 0.4) is 0 Å². The van der Waals surface area contributed by atoms with Gasteiger partial charge in [-0.15, -0.1) is 0 Å². The van der Waals surface area contributed by atoms with E-state index in [1.165, 1.54) is 12.5 Å². The zero-order valence-corrected chi connectivity index (χ0v) is 21.9. The van der Waals surface area contributed by atoms with Crippen LogP contribution in [-0.4, -0.2) is 28.8 Å². The molecule has 188 valence electrons. The van der Waals surface area contributed by atoms with Gasteiger partial charge in [-0.3, -0.25) is 9.59 Å². The van der Waals surface area contributed by atoms with E-state index in [9.17, 15) is 14.0 Å². The summed E-state index contributed by atoms with van der Waals surface area (Å²) in [7, 11) is 0. The van der Waals surface area contributed by atoms with Gasteiger partial charge in [-0.25, -0.2) is 4.39 Å². The molecule has 1 aliphatic rings. The Bertz CT molecular complexity index is 1160. The smallest absolute Gasteiger partial charge is 0.243 e. The average molecular weight is 552 g/mol. The minimum Gasteiger partial charge on any atom is -0.352 e. The SMILES string of the molecule is O=C(NC1CCCCC1)[C@@H](Cc1ccccc1)N(Cc1cccc(Br)c1)C(=O)Cc1ccccc1F. The van der Waals surface area contributed by atoms with Crippen LogP contribution >= 0.6 is 15.9 Å². The molecular formula is C30H32BrFN2O2. The number of nitrogens with one attached hydrogen (secondary N) is 1. The van der Waals surface area contributed by atoms with Crippen molar-refractivity contribution < 1.29 is 14.0 Å². The molecule has 1 atom stereocenters. The van der Waals surface area contributed by atoms with Gasteiger partial charge in [0, 0.05) is 23.5 Å². The molecule has 2 amide bonds. The summed E-state index contributed by atoms with van der Waals surface area (Å²) < 4.78 is 15.3. The van der Waals surface area contributed by atoms with E-state index in [0.717, 1.165) is 41.3 Å². The molecule has 6 heteroatoms. The summed E-state index contributed by atoms with van der Waals surface area (Å²) in [5, 5.41) is 3.23. The first-order valence-corrected chi connectivity index (χ1v) is 13.4. The van der Waals surface area contributed by atoms with Crippen molar-refractivity contribution in [3.05, 3.63) is 106 Å². The third-order valence-electron chi connectivity index (χ3n) is 6.76. The summed E-state index contributed by atoms with van der Waals surface area (Å²) >= 11 is 3.51. The van der Waals surface area contributed by atoms with Crippen LogP contribution in [-0.2, 0) is 29.0 Å². The highest BCUT2D eigenvalue weighted by atomic mass is 79.9. The molecular weight excluding hydrogens is 519 g/mol. The first-order chi connectivity index (χ1) is 17.5. The Morgan fingerprint density at radius 3 is 2.33 bits per heavy atom. The van der Waals surface area contributed by atoms with E-state index in [4.69, 9.17) is 0 Å². The van der Waals surface area contributed by atoms with Crippen LogP contribution in [0.2, 0.25) is 0 Å². The summed E-state index contributed by atoms with van der Waals surface area (Å²) in [6.07, 6.45) is 5.58. The quantitative estimate of drug-likeness (QED) is 0.343. The topological polar surface area (TPSA) is 49.4 Å². The second-order valence-corrected chi connectivity index (χ2v) is 10.4. The maximum atomic E-state index is 14.5. The fourth-order valence-electron chi connectivity index (χ4n) is 4.84. The van der Waals surface area contributed by atoms with Crippen molar-refractivity contribution in [2.24, 2.45) is 0 Å². The Hall–Kier alpha value is -2.99. The Labute approximate surface area is 221 Å². The molecule has 0 bridgehead atoms. The summed E-state index contributed by atoms with van der Waals surface area (Å²) in [5.74, 6) is -0.845. The molecule has 1 aliphatic carbocycles. The van der Waals surface area contributed by atoms with Crippen LogP contribution in [0.15, 0.2) is 83.3 Å². The second kappa shape index (κ2) is 12.8. The van der Waals surface area contributed by atoms with Gasteiger partial charge in [0.15, 0.2) is 0 Å². The van der Waals surface area contributed by atoms with Gasteiger partial charge < -0.3 is 10.2 Å². The van der Waals surface area contributed by atoms with Crippen molar-refractivity contribution in [3.63, 3.8) is 0 Å². The molecule has 1 saturated carbocycles. The predicted octanol–water partition coefficient (Wildman–Crippen LogP) is 6.22. The lowest BCUT2D eigenvalue weighted by Crippen LogP contribution is -2.53. The largest absolute Gasteiger partial charge is 0.352 e. The van der Waals surface area contributed by atoms with Gasteiger partial charge in [0.25, 0.3) is 0 Å². The highest BCUT2D eigenvalue weighted by molar-refractivity contribution is 9.10. The van der Waals surface area contributed by atoms with E-state index < -0.39 is 11.9 Å². The van der Waals surface area contributed by atoms with E-state index in [2.05, 4.69) is 21.2 Å². The lowest BCUT2D eigenvalue weighted by atomic mass is 9.94. The van der Waals surface area contributed by atoms with Crippen molar-refractivity contribution in [2.45, 2.75) is 63.6 Å². The molecule has 0 unspecified atom stereocenters. The zero-order chi connectivity index (χ0) is 25.3. The number of hydrogen-bond acceptors (Lipinski definition) is 2. The van der Waals surface area contributed by atoms with Gasteiger partial charge in [-0.1, -0.05) is 95.9 Å². The lowest BCUT2D eigenvalue weighted by Gasteiger charge is -2.33. The van der Waals surface area contributed by atoms with Crippen molar-refractivity contribution in [3.8, 4) is 0 Å². The maximum absolute atomic E-state index is 14.5. The molecule has 1 N–H and O–H groups in total.